The lowest BCUT2D eigenvalue weighted by Crippen LogP contribution is -2.18. The van der Waals surface area contributed by atoms with Crippen molar-refractivity contribution in [1.82, 2.24) is 14.5 Å². The third-order valence-corrected chi connectivity index (χ3v) is 4.52. The van der Waals surface area contributed by atoms with Gasteiger partial charge in [0.2, 0.25) is 0 Å². The highest BCUT2D eigenvalue weighted by Crippen LogP contribution is 2.34. The summed E-state index contributed by atoms with van der Waals surface area (Å²) in [5, 5.41) is 3.78. The number of aromatic nitrogens is 3. The molecule has 1 aliphatic rings. The third kappa shape index (κ3) is 3.65. The highest BCUT2D eigenvalue weighted by molar-refractivity contribution is 5.88. The van der Waals surface area contributed by atoms with Gasteiger partial charge in [-0.2, -0.15) is 13.2 Å². The Balaban J connectivity index is 1.67. The van der Waals surface area contributed by atoms with Crippen molar-refractivity contribution in [3.8, 4) is 0 Å². The number of aryl methyl sites for hydroxylation is 1. The summed E-state index contributed by atoms with van der Waals surface area (Å²) in [5.74, 6) is 0.988. The zero-order chi connectivity index (χ0) is 19.2. The van der Waals surface area contributed by atoms with Crippen LogP contribution in [0.25, 0.3) is 10.9 Å². The Labute approximate surface area is 152 Å². The minimum atomic E-state index is -4.38. The molecule has 1 saturated carbocycles. The summed E-state index contributed by atoms with van der Waals surface area (Å²) in [7, 11) is 0. The first-order valence-electron chi connectivity index (χ1n) is 8.62. The molecule has 0 bridgehead atoms. The molecule has 3 aromatic rings. The topological polar surface area (TPSA) is 59.8 Å². The lowest BCUT2D eigenvalue weighted by Gasteiger charge is -2.13. The number of benzene rings is 1. The summed E-state index contributed by atoms with van der Waals surface area (Å²) in [6.07, 6.45) is -0.714. The van der Waals surface area contributed by atoms with Crippen molar-refractivity contribution in [3.63, 3.8) is 0 Å². The average Bonchev–Trinajstić information content (AvgIpc) is 3.43. The van der Waals surface area contributed by atoms with Crippen molar-refractivity contribution in [2.24, 2.45) is 0 Å². The van der Waals surface area contributed by atoms with Gasteiger partial charge in [0.25, 0.3) is 5.56 Å². The number of hydrogen-bond donors (Lipinski definition) is 1. The maximum Gasteiger partial charge on any atom is 0.416 e. The first kappa shape index (κ1) is 17.5. The van der Waals surface area contributed by atoms with E-state index in [1.807, 2.05) is 0 Å². The van der Waals surface area contributed by atoms with Crippen LogP contribution in [0.2, 0.25) is 0 Å². The molecule has 2 heterocycles. The van der Waals surface area contributed by atoms with E-state index in [-0.39, 0.29) is 18.1 Å². The van der Waals surface area contributed by atoms with E-state index in [9.17, 15) is 18.0 Å². The van der Waals surface area contributed by atoms with Crippen LogP contribution in [0.15, 0.2) is 41.3 Å². The van der Waals surface area contributed by atoms with E-state index >= 15 is 0 Å². The number of fused-ring (bicyclic) bond motifs is 1. The molecule has 0 amide bonds. The summed E-state index contributed by atoms with van der Waals surface area (Å²) >= 11 is 0. The first-order valence-corrected chi connectivity index (χ1v) is 8.62. The molecule has 1 aromatic carbocycles. The van der Waals surface area contributed by atoms with Gasteiger partial charge in [-0.25, -0.2) is 9.97 Å². The monoisotopic (exact) mass is 374 g/mol. The number of alkyl halides is 3. The van der Waals surface area contributed by atoms with Gasteiger partial charge in [0.1, 0.15) is 11.6 Å². The maximum atomic E-state index is 12.9. The quantitative estimate of drug-likeness (QED) is 0.748. The minimum absolute atomic E-state index is 0.105. The number of rotatable bonds is 4. The van der Waals surface area contributed by atoms with Crippen LogP contribution in [0.5, 0.6) is 0 Å². The molecule has 1 fully saturated rings. The van der Waals surface area contributed by atoms with E-state index in [0.717, 1.165) is 25.0 Å². The second kappa shape index (κ2) is 6.37. The summed E-state index contributed by atoms with van der Waals surface area (Å²) in [6.45, 7) is 1.89. The molecule has 0 saturated heterocycles. The fraction of sp³-hybridized carbons (Fsp3) is 0.316. The molecule has 4 rings (SSSR count). The molecule has 27 heavy (non-hydrogen) atoms. The molecule has 140 valence electrons. The highest BCUT2D eigenvalue weighted by Gasteiger charge is 2.30. The lowest BCUT2D eigenvalue weighted by atomic mass is 10.1. The van der Waals surface area contributed by atoms with Crippen molar-refractivity contribution in [2.75, 3.05) is 5.32 Å². The van der Waals surface area contributed by atoms with Crippen molar-refractivity contribution < 1.29 is 13.2 Å². The van der Waals surface area contributed by atoms with E-state index in [2.05, 4.69) is 15.3 Å². The zero-order valence-electron chi connectivity index (χ0n) is 14.5. The second-order valence-electron chi connectivity index (χ2n) is 6.72. The van der Waals surface area contributed by atoms with Crippen molar-refractivity contribution in [1.29, 1.82) is 0 Å². The van der Waals surface area contributed by atoms with Gasteiger partial charge in [-0.1, -0.05) is 12.1 Å². The molecular formula is C19H17F3N4O. The summed E-state index contributed by atoms with van der Waals surface area (Å²) in [4.78, 5) is 20.9. The summed E-state index contributed by atoms with van der Waals surface area (Å²) in [5.41, 5.74) is 0.223. The van der Waals surface area contributed by atoms with Crippen LogP contribution in [0.3, 0.4) is 0 Å². The number of nitrogens with one attached hydrogen (secondary N) is 1. The van der Waals surface area contributed by atoms with Gasteiger partial charge in [0.05, 0.1) is 16.5 Å². The van der Waals surface area contributed by atoms with E-state index in [1.165, 1.54) is 12.1 Å². The molecule has 5 nitrogen and oxygen atoms in total. The largest absolute Gasteiger partial charge is 0.416 e. The molecule has 0 aliphatic heterocycles. The van der Waals surface area contributed by atoms with Crippen LogP contribution in [0.4, 0.5) is 19.0 Å². The van der Waals surface area contributed by atoms with Crippen LogP contribution < -0.4 is 10.9 Å². The van der Waals surface area contributed by atoms with Gasteiger partial charge in [-0.3, -0.25) is 4.79 Å². The molecule has 1 N–H and O–H groups in total. The summed E-state index contributed by atoms with van der Waals surface area (Å²) in [6, 6.07) is 6.86. The van der Waals surface area contributed by atoms with E-state index in [0.29, 0.717) is 28.1 Å². The van der Waals surface area contributed by atoms with Crippen LogP contribution in [0.1, 0.15) is 35.8 Å². The molecular weight excluding hydrogens is 357 g/mol. The highest BCUT2D eigenvalue weighted by atomic mass is 19.4. The number of halogens is 3. The van der Waals surface area contributed by atoms with Crippen LogP contribution in [0, 0.1) is 6.92 Å². The fourth-order valence-corrected chi connectivity index (χ4v) is 3.05. The predicted octanol–water partition coefficient (Wildman–Crippen LogP) is 4.07. The van der Waals surface area contributed by atoms with Gasteiger partial charge in [-0.15, -0.1) is 0 Å². The zero-order valence-corrected chi connectivity index (χ0v) is 14.5. The minimum Gasteiger partial charge on any atom is -0.365 e. The van der Waals surface area contributed by atoms with Crippen LogP contribution in [-0.2, 0) is 12.7 Å². The standard InChI is InChI=1S/C19H17F3N4O/c1-11-24-16-8-17(27)26(14-5-6-14)10-15(16)18(25-11)23-9-12-3-2-4-13(7-12)19(20,21)22/h2-4,7-8,10,14H,5-6,9H2,1H3,(H,23,24,25). The molecule has 0 atom stereocenters. The Kier molecular flexibility index (Phi) is 4.13. The van der Waals surface area contributed by atoms with Crippen molar-refractivity contribution >= 4 is 16.7 Å². The number of anilines is 1. The third-order valence-electron chi connectivity index (χ3n) is 4.52. The van der Waals surface area contributed by atoms with E-state index in [4.69, 9.17) is 0 Å². The molecule has 0 unspecified atom stereocenters. The smallest absolute Gasteiger partial charge is 0.365 e. The van der Waals surface area contributed by atoms with E-state index in [1.54, 1.807) is 23.8 Å². The van der Waals surface area contributed by atoms with Crippen LogP contribution in [-0.4, -0.2) is 14.5 Å². The normalized spacial score (nSPS) is 14.5. The maximum absolute atomic E-state index is 12.9. The Bertz CT molecular complexity index is 1070. The molecule has 2 aromatic heterocycles. The van der Waals surface area contributed by atoms with Gasteiger partial charge in [0.15, 0.2) is 0 Å². The van der Waals surface area contributed by atoms with Gasteiger partial charge >= 0.3 is 6.18 Å². The Hall–Kier alpha value is -2.90. The number of pyridine rings is 1. The number of nitrogens with zero attached hydrogens (tertiary/aromatic N) is 3. The fourth-order valence-electron chi connectivity index (χ4n) is 3.05. The molecule has 0 radical (unpaired) electrons. The van der Waals surface area contributed by atoms with Crippen molar-refractivity contribution in [3.05, 3.63) is 63.8 Å². The van der Waals surface area contributed by atoms with Crippen LogP contribution >= 0.6 is 0 Å². The van der Waals surface area contributed by atoms with E-state index < -0.39 is 11.7 Å². The van der Waals surface area contributed by atoms with Gasteiger partial charge in [0, 0.05) is 24.8 Å². The SMILES string of the molecule is Cc1nc(NCc2cccc(C(F)(F)F)c2)c2cn(C3CC3)c(=O)cc2n1. The summed E-state index contributed by atoms with van der Waals surface area (Å²) < 4.78 is 40.3. The van der Waals surface area contributed by atoms with Gasteiger partial charge < -0.3 is 9.88 Å². The first-order chi connectivity index (χ1) is 12.8. The lowest BCUT2D eigenvalue weighted by molar-refractivity contribution is -0.137. The Morgan fingerprint density at radius 3 is 2.70 bits per heavy atom. The second-order valence-corrected chi connectivity index (χ2v) is 6.72. The predicted molar refractivity (Wildman–Crippen MR) is 95.6 cm³/mol. The number of hydrogen-bond acceptors (Lipinski definition) is 4. The Morgan fingerprint density at radius 1 is 1.22 bits per heavy atom. The van der Waals surface area contributed by atoms with Crippen molar-refractivity contribution in [2.45, 2.75) is 38.5 Å². The molecule has 0 spiro atoms. The molecule has 1 aliphatic carbocycles. The average molecular weight is 374 g/mol. The van der Waals surface area contributed by atoms with Gasteiger partial charge in [-0.05, 0) is 37.5 Å². The Morgan fingerprint density at radius 2 is 2.00 bits per heavy atom. The molecule has 8 heteroatoms.